The topological polar surface area (TPSA) is 70.7 Å². The van der Waals surface area contributed by atoms with E-state index in [0.717, 1.165) is 34.4 Å². The standard InChI is InChI=1S/C16H16N4O/c1-16(2,18-10-21)12-3-4-13-14(9-12)20-15(19-13)11-5-7-17-8-6-11/h3-10H,1-2H3,(H,18,21)(H,19,20). The molecule has 0 saturated heterocycles. The Bertz CT molecular complexity index is 777. The number of fused-ring (bicyclic) bond motifs is 1. The maximum atomic E-state index is 10.7. The maximum absolute atomic E-state index is 10.7. The molecule has 2 heterocycles. The Labute approximate surface area is 122 Å². The minimum absolute atomic E-state index is 0.419. The number of H-pyrrole nitrogens is 1. The molecule has 5 nitrogen and oxygen atoms in total. The van der Waals surface area contributed by atoms with Gasteiger partial charge in [-0.25, -0.2) is 4.98 Å². The van der Waals surface area contributed by atoms with Crippen LogP contribution in [0.2, 0.25) is 0 Å². The Kier molecular flexibility index (Phi) is 3.17. The quantitative estimate of drug-likeness (QED) is 0.722. The van der Waals surface area contributed by atoms with Crippen molar-refractivity contribution in [3.63, 3.8) is 0 Å². The molecule has 0 bridgehead atoms. The molecule has 0 unspecified atom stereocenters. The van der Waals surface area contributed by atoms with Gasteiger partial charge in [0.1, 0.15) is 5.82 Å². The molecular formula is C16H16N4O. The Morgan fingerprint density at radius 3 is 2.67 bits per heavy atom. The largest absolute Gasteiger partial charge is 0.350 e. The van der Waals surface area contributed by atoms with Gasteiger partial charge >= 0.3 is 0 Å². The number of pyridine rings is 1. The van der Waals surface area contributed by atoms with Crippen molar-refractivity contribution in [3.8, 4) is 11.4 Å². The number of aromatic amines is 1. The van der Waals surface area contributed by atoms with Gasteiger partial charge in [-0.05, 0) is 43.7 Å². The van der Waals surface area contributed by atoms with E-state index in [9.17, 15) is 4.79 Å². The summed E-state index contributed by atoms with van der Waals surface area (Å²) >= 11 is 0. The van der Waals surface area contributed by atoms with Gasteiger partial charge in [-0.3, -0.25) is 9.78 Å². The van der Waals surface area contributed by atoms with E-state index in [2.05, 4.69) is 20.3 Å². The maximum Gasteiger partial charge on any atom is 0.207 e. The number of hydrogen-bond donors (Lipinski definition) is 2. The molecule has 2 aromatic heterocycles. The van der Waals surface area contributed by atoms with E-state index in [4.69, 9.17) is 0 Å². The van der Waals surface area contributed by atoms with E-state index in [1.165, 1.54) is 0 Å². The number of nitrogens with zero attached hydrogens (tertiary/aromatic N) is 2. The van der Waals surface area contributed by atoms with Crippen LogP contribution in [0.4, 0.5) is 0 Å². The minimum atomic E-state index is -0.419. The Morgan fingerprint density at radius 1 is 1.19 bits per heavy atom. The number of carbonyl (C=O) groups is 1. The number of nitrogens with one attached hydrogen (secondary N) is 2. The third-order valence-electron chi connectivity index (χ3n) is 3.58. The monoisotopic (exact) mass is 280 g/mol. The summed E-state index contributed by atoms with van der Waals surface area (Å²) in [5, 5.41) is 2.82. The fourth-order valence-electron chi connectivity index (χ4n) is 2.28. The zero-order valence-corrected chi connectivity index (χ0v) is 11.9. The highest BCUT2D eigenvalue weighted by molar-refractivity contribution is 5.80. The van der Waals surface area contributed by atoms with Gasteiger partial charge in [-0.15, -0.1) is 0 Å². The van der Waals surface area contributed by atoms with E-state index in [-0.39, 0.29) is 0 Å². The molecule has 3 aromatic rings. The number of hydrogen-bond acceptors (Lipinski definition) is 3. The van der Waals surface area contributed by atoms with Crippen LogP contribution in [0.3, 0.4) is 0 Å². The first-order valence-electron chi connectivity index (χ1n) is 6.72. The van der Waals surface area contributed by atoms with Crippen molar-refractivity contribution in [3.05, 3.63) is 48.3 Å². The summed E-state index contributed by atoms with van der Waals surface area (Å²) < 4.78 is 0. The molecule has 0 radical (unpaired) electrons. The number of imidazole rings is 1. The molecular weight excluding hydrogens is 264 g/mol. The van der Waals surface area contributed by atoms with E-state index < -0.39 is 5.54 Å². The molecule has 0 saturated carbocycles. The van der Waals surface area contributed by atoms with Crippen molar-refractivity contribution in [2.24, 2.45) is 0 Å². The predicted octanol–water partition coefficient (Wildman–Crippen LogP) is 2.61. The lowest BCUT2D eigenvalue weighted by molar-refractivity contribution is -0.111. The second-order valence-corrected chi connectivity index (χ2v) is 5.44. The molecule has 0 spiro atoms. The summed E-state index contributed by atoms with van der Waals surface area (Å²) in [5.41, 5.74) is 3.44. The second-order valence-electron chi connectivity index (χ2n) is 5.44. The van der Waals surface area contributed by atoms with Crippen LogP contribution in [0, 0.1) is 0 Å². The first-order valence-corrected chi connectivity index (χ1v) is 6.72. The molecule has 0 aliphatic heterocycles. The Morgan fingerprint density at radius 2 is 1.95 bits per heavy atom. The van der Waals surface area contributed by atoms with Crippen molar-refractivity contribution >= 4 is 17.4 Å². The van der Waals surface area contributed by atoms with Crippen LogP contribution in [0.5, 0.6) is 0 Å². The molecule has 21 heavy (non-hydrogen) atoms. The zero-order chi connectivity index (χ0) is 14.9. The van der Waals surface area contributed by atoms with Gasteiger partial charge in [0.05, 0.1) is 16.6 Å². The number of benzene rings is 1. The first kappa shape index (κ1) is 13.3. The van der Waals surface area contributed by atoms with Gasteiger partial charge in [-0.2, -0.15) is 0 Å². The van der Waals surface area contributed by atoms with Crippen LogP contribution >= 0.6 is 0 Å². The van der Waals surface area contributed by atoms with Gasteiger partial charge in [0, 0.05) is 18.0 Å². The van der Waals surface area contributed by atoms with Crippen LogP contribution in [0.15, 0.2) is 42.7 Å². The van der Waals surface area contributed by atoms with Gasteiger partial charge in [0.15, 0.2) is 0 Å². The number of aromatic nitrogens is 3. The SMILES string of the molecule is CC(C)(NC=O)c1ccc2nc(-c3ccncc3)[nH]c2c1. The molecule has 2 N–H and O–H groups in total. The fourth-order valence-corrected chi connectivity index (χ4v) is 2.28. The molecule has 0 aliphatic rings. The fraction of sp³-hybridized carbons (Fsp3) is 0.188. The smallest absolute Gasteiger partial charge is 0.207 e. The molecule has 1 aromatic carbocycles. The van der Waals surface area contributed by atoms with Crippen molar-refractivity contribution in [1.29, 1.82) is 0 Å². The average molecular weight is 280 g/mol. The molecule has 0 atom stereocenters. The van der Waals surface area contributed by atoms with E-state index >= 15 is 0 Å². The van der Waals surface area contributed by atoms with Gasteiger partial charge in [0.2, 0.25) is 6.41 Å². The highest BCUT2D eigenvalue weighted by Crippen LogP contribution is 2.25. The van der Waals surface area contributed by atoms with Crippen molar-refractivity contribution in [1.82, 2.24) is 20.3 Å². The van der Waals surface area contributed by atoms with Gasteiger partial charge in [0.25, 0.3) is 0 Å². The molecule has 0 fully saturated rings. The van der Waals surface area contributed by atoms with E-state index in [0.29, 0.717) is 0 Å². The van der Waals surface area contributed by atoms with Gasteiger partial charge < -0.3 is 10.3 Å². The summed E-state index contributed by atoms with van der Waals surface area (Å²) in [6.45, 7) is 3.92. The number of amides is 1. The minimum Gasteiger partial charge on any atom is -0.350 e. The third-order valence-corrected chi connectivity index (χ3v) is 3.58. The lowest BCUT2D eigenvalue weighted by atomic mass is 9.94. The van der Waals surface area contributed by atoms with Crippen molar-refractivity contribution < 1.29 is 4.79 Å². The normalized spacial score (nSPS) is 11.5. The van der Waals surface area contributed by atoms with Crippen LogP contribution in [-0.4, -0.2) is 21.4 Å². The summed E-state index contributed by atoms with van der Waals surface area (Å²) in [6, 6.07) is 9.78. The summed E-state index contributed by atoms with van der Waals surface area (Å²) in [7, 11) is 0. The second kappa shape index (κ2) is 5.01. The van der Waals surface area contributed by atoms with Crippen LogP contribution in [-0.2, 0) is 10.3 Å². The highest BCUT2D eigenvalue weighted by Gasteiger charge is 2.20. The van der Waals surface area contributed by atoms with Crippen LogP contribution in [0.1, 0.15) is 19.4 Å². The lowest BCUT2D eigenvalue weighted by Crippen LogP contribution is -2.35. The predicted molar refractivity (Wildman–Crippen MR) is 81.6 cm³/mol. The molecule has 5 heteroatoms. The third kappa shape index (κ3) is 2.50. The summed E-state index contributed by atoms with van der Waals surface area (Å²) in [4.78, 5) is 22.6. The van der Waals surface area contributed by atoms with Crippen LogP contribution in [0.25, 0.3) is 22.4 Å². The van der Waals surface area contributed by atoms with E-state index in [1.54, 1.807) is 12.4 Å². The molecule has 0 aliphatic carbocycles. The Hall–Kier alpha value is -2.69. The lowest BCUT2D eigenvalue weighted by Gasteiger charge is -2.24. The highest BCUT2D eigenvalue weighted by atomic mass is 16.1. The van der Waals surface area contributed by atoms with Crippen LogP contribution < -0.4 is 5.32 Å². The summed E-state index contributed by atoms with van der Waals surface area (Å²) in [6.07, 6.45) is 4.20. The Balaban J connectivity index is 2.05. The number of carbonyl (C=O) groups excluding carboxylic acids is 1. The van der Waals surface area contributed by atoms with Gasteiger partial charge in [-0.1, -0.05) is 6.07 Å². The van der Waals surface area contributed by atoms with E-state index in [1.807, 2.05) is 44.2 Å². The van der Waals surface area contributed by atoms with Crippen molar-refractivity contribution in [2.45, 2.75) is 19.4 Å². The summed E-state index contributed by atoms with van der Waals surface area (Å²) in [5.74, 6) is 0.811. The zero-order valence-electron chi connectivity index (χ0n) is 11.9. The first-order chi connectivity index (χ1) is 10.1. The number of rotatable bonds is 4. The molecule has 106 valence electrons. The molecule has 1 amide bonds. The average Bonchev–Trinajstić information content (AvgIpc) is 2.91. The van der Waals surface area contributed by atoms with Crippen molar-refractivity contribution in [2.75, 3.05) is 0 Å². The molecule has 3 rings (SSSR count).